The first-order chi connectivity index (χ1) is 7.49. The zero-order valence-corrected chi connectivity index (χ0v) is 11.5. The van der Waals surface area contributed by atoms with Crippen LogP contribution in [0.3, 0.4) is 0 Å². The van der Waals surface area contributed by atoms with Gasteiger partial charge >= 0.3 is 5.63 Å². The number of carbonyl (C=O) groups excluding carboxylic acids is 1. The van der Waals surface area contributed by atoms with Crippen LogP contribution in [0, 0.1) is 0 Å². The maximum Gasteiger partial charge on any atom is 0.348 e. The van der Waals surface area contributed by atoms with Crippen LogP contribution in [-0.2, 0) is 0 Å². The van der Waals surface area contributed by atoms with E-state index in [9.17, 15) is 9.59 Å². The van der Waals surface area contributed by atoms with Gasteiger partial charge in [-0.15, -0.1) is 0 Å². The number of fused-ring (bicyclic) bond motifs is 1. The van der Waals surface area contributed by atoms with Crippen molar-refractivity contribution in [2.45, 2.75) is 0 Å². The summed E-state index contributed by atoms with van der Waals surface area (Å²) < 4.78 is 6.44. The summed E-state index contributed by atoms with van der Waals surface area (Å²) >= 11 is 11.8. The number of halogens is 3. The van der Waals surface area contributed by atoms with Gasteiger partial charge in [-0.25, -0.2) is 4.79 Å². The van der Waals surface area contributed by atoms with Gasteiger partial charge in [0.15, 0.2) is 5.58 Å². The Bertz CT molecular complexity index is 648. The van der Waals surface area contributed by atoms with Gasteiger partial charge in [-0.05, 0) is 45.7 Å². The topological polar surface area (TPSA) is 47.3 Å². The number of carbonyl (C=O) groups is 1. The van der Waals surface area contributed by atoms with Gasteiger partial charge in [0.25, 0.3) is 5.24 Å². The molecule has 16 heavy (non-hydrogen) atoms. The van der Waals surface area contributed by atoms with Gasteiger partial charge in [-0.1, -0.05) is 15.9 Å². The Kier molecular flexibility index (Phi) is 3.19. The first-order valence-electron chi connectivity index (χ1n) is 4.12. The molecule has 1 aromatic heterocycles. The maximum atomic E-state index is 11.4. The molecule has 82 valence electrons. The maximum absolute atomic E-state index is 11.4. The molecule has 2 aromatic rings. The van der Waals surface area contributed by atoms with Crippen LogP contribution in [-0.4, -0.2) is 5.24 Å². The van der Waals surface area contributed by atoms with Crippen molar-refractivity contribution in [1.29, 1.82) is 0 Å². The van der Waals surface area contributed by atoms with Gasteiger partial charge in [0, 0.05) is 9.86 Å². The van der Waals surface area contributed by atoms with E-state index in [1.165, 1.54) is 6.07 Å². The predicted octanol–water partition coefficient (Wildman–Crippen LogP) is 3.70. The zero-order chi connectivity index (χ0) is 11.9. The normalized spacial score (nSPS) is 10.7. The zero-order valence-electron chi connectivity index (χ0n) is 7.59. The lowest BCUT2D eigenvalue weighted by Crippen LogP contribution is -2.09. The largest absolute Gasteiger partial charge is 0.421 e. The van der Waals surface area contributed by atoms with Crippen molar-refractivity contribution in [3.8, 4) is 0 Å². The number of rotatable bonds is 1. The summed E-state index contributed by atoms with van der Waals surface area (Å²) in [6, 6.07) is 4.88. The third-order valence-corrected chi connectivity index (χ3v) is 3.21. The Morgan fingerprint density at radius 2 is 1.94 bits per heavy atom. The molecule has 0 spiro atoms. The molecule has 6 heteroatoms. The van der Waals surface area contributed by atoms with E-state index in [1.54, 1.807) is 12.1 Å². The van der Waals surface area contributed by atoms with Crippen molar-refractivity contribution in [1.82, 2.24) is 0 Å². The van der Waals surface area contributed by atoms with E-state index in [0.717, 1.165) is 4.47 Å². The highest BCUT2D eigenvalue weighted by atomic mass is 79.9. The molecule has 0 unspecified atom stereocenters. The first-order valence-corrected chi connectivity index (χ1v) is 6.08. The SMILES string of the molecule is O=C(Cl)c1cc2cc(Br)cc(Br)c2oc1=O. The Balaban J connectivity index is 2.90. The van der Waals surface area contributed by atoms with Crippen molar-refractivity contribution in [2.24, 2.45) is 0 Å². The molecule has 2 rings (SSSR count). The highest BCUT2D eigenvalue weighted by molar-refractivity contribution is 9.11. The van der Waals surface area contributed by atoms with E-state index in [0.29, 0.717) is 15.4 Å². The molecule has 3 nitrogen and oxygen atoms in total. The van der Waals surface area contributed by atoms with E-state index in [1.807, 2.05) is 0 Å². The van der Waals surface area contributed by atoms with Gasteiger partial charge in [0.05, 0.1) is 4.47 Å². The summed E-state index contributed by atoms with van der Waals surface area (Å²) in [6.07, 6.45) is 0. The van der Waals surface area contributed by atoms with Crippen LogP contribution in [0.5, 0.6) is 0 Å². The van der Waals surface area contributed by atoms with E-state index in [-0.39, 0.29) is 5.56 Å². The summed E-state index contributed by atoms with van der Waals surface area (Å²) in [5, 5.41) is -0.211. The van der Waals surface area contributed by atoms with Crippen LogP contribution >= 0.6 is 43.5 Å². The number of hydrogen-bond donors (Lipinski definition) is 0. The van der Waals surface area contributed by atoms with Crippen molar-refractivity contribution in [3.05, 3.63) is 43.1 Å². The smallest absolute Gasteiger partial charge is 0.348 e. The van der Waals surface area contributed by atoms with Crippen molar-refractivity contribution >= 4 is 59.7 Å². The highest BCUT2D eigenvalue weighted by Gasteiger charge is 2.13. The van der Waals surface area contributed by atoms with Crippen LogP contribution in [0.25, 0.3) is 11.0 Å². The van der Waals surface area contributed by atoms with E-state index in [4.69, 9.17) is 16.0 Å². The molecule has 0 aliphatic rings. The second-order valence-corrected chi connectivity index (χ2v) is 5.14. The third kappa shape index (κ3) is 2.07. The standard InChI is InChI=1S/C10H3Br2ClO3/c11-5-1-4-2-6(9(13)14)10(15)16-8(4)7(12)3-5/h1-3H. The van der Waals surface area contributed by atoms with Crippen molar-refractivity contribution in [3.63, 3.8) is 0 Å². The second-order valence-electron chi connectivity index (χ2n) is 3.03. The third-order valence-electron chi connectivity index (χ3n) is 1.96. The minimum atomic E-state index is -0.827. The Labute approximate surface area is 112 Å². The van der Waals surface area contributed by atoms with Gasteiger partial charge in [-0.2, -0.15) is 0 Å². The number of hydrogen-bond acceptors (Lipinski definition) is 3. The van der Waals surface area contributed by atoms with Gasteiger partial charge < -0.3 is 4.42 Å². The lowest BCUT2D eigenvalue weighted by molar-refractivity contribution is 0.107. The molecule has 0 radical (unpaired) electrons. The lowest BCUT2D eigenvalue weighted by atomic mass is 10.2. The molecule has 0 saturated carbocycles. The lowest BCUT2D eigenvalue weighted by Gasteiger charge is -2.01. The summed E-state index contributed by atoms with van der Waals surface area (Å²) in [5.41, 5.74) is -0.524. The molecule has 0 bridgehead atoms. The van der Waals surface area contributed by atoms with E-state index >= 15 is 0 Å². The molecule has 0 atom stereocenters. The van der Waals surface area contributed by atoms with Crippen LogP contribution in [0.2, 0.25) is 0 Å². The summed E-state index contributed by atoms with van der Waals surface area (Å²) in [4.78, 5) is 22.4. The average molecular weight is 366 g/mol. The highest BCUT2D eigenvalue weighted by Crippen LogP contribution is 2.28. The fourth-order valence-corrected chi connectivity index (χ4v) is 2.77. The Hall–Kier alpha value is -0.650. The molecule has 1 heterocycles. The summed E-state index contributed by atoms with van der Waals surface area (Å²) in [6.45, 7) is 0. The molecular formula is C10H3Br2ClO3. The Morgan fingerprint density at radius 1 is 1.25 bits per heavy atom. The molecule has 0 N–H and O–H groups in total. The summed E-state index contributed by atoms with van der Waals surface area (Å²) in [5.74, 6) is 0. The minimum Gasteiger partial charge on any atom is -0.421 e. The van der Waals surface area contributed by atoms with Crippen molar-refractivity contribution in [2.75, 3.05) is 0 Å². The molecule has 0 fully saturated rings. The quantitative estimate of drug-likeness (QED) is 0.571. The molecule has 1 aromatic carbocycles. The van der Waals surface area contributed by atoms with Gasteiger partial charge in [-0.3, -0.25) is 4.79 Å². The van der Waals surface area contributed by atoms with Crippen molar-refractivity contribution < 1.29 is 9.21 Å². The van der Waals surface area contributed by atoms with Gasteiger partial charge in [0.1, 0.15) is 5.56 Å². The number of benzene rings is 1. The average Bonchev–Trinajstić information content (AvgIpc) is 2.18. The molecule has 0 amide bonds. The van der Waals surface area contributed by atoms with Crippen LogP contribution in [0.15, 0.2) is 36.4 Å². The summed E-state index contributed by atoms with van der Waals surface area (Å²) in [7, 11) is 0. The molecule has 0 aliphatic carbocycles. The van der Waals surface area contributed by atoms with E-state index in [2.05, 4.69) is 31.9 Å². The molecule has 0 aliphatic heterocycles. The predicted molar refractivity (Wildman–Crippen MR) is 68.1 cm³/mol. The van der Waals surface area contributed by atoms with Crippen LogP contribution < -0.4 is 5.63 Å². The molecular weight excluding hydrogens is 363 g/mol. The first kappa shape index (κ1) is 11.8. The second kappa shape index (κ2) is 4.31. The fraction of sp³-hybridized carbons (Fsp3) is 0. The van der Waals surface area contributed by atoms with E-state index < -0.39 is 10.9 Å². The fourth-order valence-electron chi connectivity index (χ4n) is 1.29. The van der Waals surface area contributed by atoms with Gasteiger partial charge in [0.2, 0.25) is 0 Å². The monoisotopic (exact) mass is 364 g/mol. The molecule has 0 saturated heterocycles. The minimum absolute atomic E-state index is 0.167. The van der Waals surface area contributed by atoms with Crippen LogP contribution in [0.4, 0.5) is 0 Å². The van der Waals surface area contributed by atoms with Crippen LogP contribution in [0.1, 0.15) is 10.4 Å². The Morgan fingerprint density at radius 3 is 2.56 bits per heavy atom.